The van der Waals surface area contributed by atoms with Gasteiger partial charge < -0.3 is 9.64 Å². The average molecular weight is 294 g/mol. The van der Waals surface area contributed by atoms with Crippen LogP contribution in [-0.2, 0) is 9.53 Å². The van der Waals surface area contributed by atoms with Crippen LogP contribution in [0.4, 0.5) is 0 Å². The molecule has 3 aliphatic rings. The Morgan fingerprint density at radius 2 is 2.05 bits per heavy atom. The van der Waals surface area contributed by atoms with Gasteiger partial charge >= 0.3 is 0 Å². The van der Waals surface area contributed by atoms with Crippen LogP contribution in [0.15, 0.2) is 0 Å². The number of hydrogen-bond acceptors (Lipinski definition) is 3. The highest BCUT2D eigenvalue weighted by atomic mass is 16.5. The summed E-state index contributed by atoms with van der Waals surface area (Å²) in [4.78, 5) is 15.0. The predicted octanol–water partition coefficient (Wildman–Crippen LogP) is 2.39. The summed E-state index contributed by atoms with van der Waals surface area (Å²) in [5.41, 5.74) is 0. The molecular formula is C17H30N2O2. The highest BCUT2D eigenvalue weighted by molar-refractivity contribution is 5.84. The molecule has 120 valence electrons. The van der Waals surface area contributed by atoms with Crippen molar-refractivity contribution in [2.75, 3.05) is 19.8 Å². The first-order valence-electron chi connectivity index (χ1n) is 8.79. The number of amides is 1. The van der Waals surface area contributed by atoms with E-state index >= 15 is 0 Å². The van der Waals surface area contributed by atoms with Crippen molar-refractivity contribution >= 4 is 5.91 Å². The Labute approximate surface area is 128 Å². The molecular weight excluding hydrogens is 264 g/mol. The van der Waals surface area contributed by atoms with Gasteiger partial charge in [0.05, 0.1) is 18.8 Å². The van der Waals surface area contributed by atoms with Crippen molar-refractivity contribution in [1.82, 2.24) is 10.2 Å². The minimum Gasteiger partial charge on any atom is -0.381 e. The maximum Gasteiger partial charge on any atom is 0.241 e. The van der Waals surface area contributed by atoms with E-state index in [1.807, 2.05) is 0 Å². The molecule has 0 aromatic rings. The standard InChI is InChI=1S/C17H30N2O2/c1-12(2)9-15-17(20)19(10-13-7-8-21-11-13)16(18-15)14-5-3-4-6-14/h12-16,18H,3-11H2,1-2H3. The van der Waals surface area contributed by atoms with Gasteiger partial charge in [-0.2, -0.15) is 0 Å². The molecule has 4 heteroatoms. The van der Waals surface area contributed by atoms with Gasteiger partial charge in [-0.25, -0.2) is 0 Å². The minimum atomic E-state index is 0.0397. The fourth-order valence-electron chi connectivity index (χ4n) is 4.22. The van der Waals surface area contributed by atoms with Gasteiger partial charge in [0.2, 0.25) is 5.91 Å². The number of carbonyl (C=O) groups excluding carboxylic acids is 1. The molecule has 2 aliphatic heterocycles. The third-order valence-electron chi connectivity index (χ3n) is 5.32. The Kier molecular flexibility index (Phi) is 4.85. The second-order valence-corrected chi connectivity index (χ2v) is 7.56. The normalized spacial score (nSPS) is 34.5. The first-order valence-corrected chi connectivity index (χ1v) is 8.79. The van der Waals surface area contributed by atoms with E-state index in [-0.39, 0.29) is 12.2 Å². The molecule has 1 amide bonds. The SMILES string of the molecule is CC(C)CC1NC(C2CCCC2)N(CC2CCOC2)C1=O. The highest BCUT2D eigenvalue weighted by Crippen LogP contribution is 2.33. The molecule has 3 rings (SSSR count). The maximum absolute atomic E-state index is 12.8. The first-order chi connectivity index (χ1) is 10.1. The fourth-order valence-corrected chi connectivity index (χ4v) is 4.22. The van der Waals surface area contributed by atoms with Crippen LogP contribution in [-0.4, -0.2) is 42.8 Å². The number of nitrogens with zero attached hydrogens (tertiary/aromatic N) is 1. The summed E-state index contributed by atoms with van der Waals surface area (Å²) in [7, 11) is 0. The molecule has 0 spiro atoms. The van der Waals surface area contributed by atoms with Crippen molar-refractivity contribution in [3.05, 3.63) is 0 Å². The number of ether oxygens (including phenoxy) is 1. The molecule has 1 saturated carbocycles. The van der Waals surface area contributed by atoms with Crippen LogP contribution in [0.2, 0.25) is 0 Å². The van der Waals surface area contributed by atoms with Gasteiger partial charge in [-0.1, -0.05) is 26.7 Å². The summed E-state index contributed by atoms with van der Waals surface area (Å²) < 4.78 is 5.50. The molecule has 0 bridgehead atoms. The van der Waals surface area contributed by atoms with Crippen molar-refractivity contribution < 1.29 is 9.53 Å². The number of rotatable bonds is 5. The molecule has 3 fully saturated rings. The third kappa shape index (κ3) is 3.42. The van der Waals surface area contributed by atoms with Gasteiger partial charge in [0, 0.05) is 19.1 Å². The average Bonchev–Trinajstić information content (AvgIpc) is 3.15. The first kappa shape index (κ1) is 15.3. The second-order valence-electron chi connectivity index (χ2n) is 7.56. The molecule has 3 atom stereocenters. The lowest BCUT2D eigenvalue weighted by atomic mass is 10.0. The monoisotopic (exact) mass is 294 g/mol. The number of hydrogen-bond donors (Lipinski definition) is 1. The van der Waals surface area contributed by atoms with Crippen LogP contribution in [0.5, 0.6) is 0 Å². The van der Waals surface area contributed by atoms with Crippen LogP contribution < -0.4 is 5.32 Å². The van der Waals surface area contributed by atoms with Gasteiger partial charge in [-0.3, -0.25) is 10.1 Å². The maximum atomic E-state index is 12.8. The van der Waals surface area contributed by atoms with Crippen LogP contribution in [0.3, 0.4) is 0 Å². The van der Waals surface area contributed by atoms with Gasteiger partial charge in [0.15, 0.2) is 0 Å². The molecule has 2 saturated heterocycles. The number of carbonyl (C=O) groups is 1. The van der Waals surface area contributed by atoms with Gasteiger partial charge in [0.1, 0.15) is 0 Å². The van der Waals surface area contributed by atoms with Gasteiger partial charge in [0.25, 0.3) is 0 Å². The molecule has 3 unspecified atom stereocenters. The molecule has 4 nitrogen and oxygen atoms in total. The summed E-state index contributed by atoms with van der Waals surface area (Å²) in [5, 5.41) is 3.67. The van der Waals surface area contributed by atoms with Crippen LogP contribution >= 0.6 is 0 Å². The molecule has 1 N–H and O–H groups in total. The summed E-state index contributed by atoms with van der Waals surface area (Å²) >= 11 is 0. The van der Waals surface area contributed by atoms with Gasteiger partial charge in [-0.05, 0) is 37.5 Å². The third-order valence-corrected chi connectivity index (χ3v) is 5.32. The van der Waals surface area contributed by atoms with E-state index in [0.717, 1.165) is 32.6 Å². The molecule has 0 radical (unpaired) electrons. The summed E-state index contributed by atoms with van der Waals surface area (Å²) in [5.74, 6) is 2.10. The Hall–Kier alpha value is -0.610. The van der Waals surface area contributed by atoms with E-state index in [1.54, 1.807) is 0 Å². The topological polar surface area (TPSA) is 41.6 Å². The summed E-state index contributed by atoms with van der Waals surface area (Å²) in [6.07, 6.45) is 7.55. The Balaban J connectivity index is 1.69. The molecule has 21 heavy (non-hydrogen) atoms. The van der Waals surface area contributed by atoms with E-state index in [0.29, 0.717) is 23.7 Å². The zero-order valence-electron chi connectivity index (χ0n) is 13.5. The van der Waals surface area contributed by atoms with Crippen molar-refractivity contribution in [2.45, 2.75) is 64.6 Å². The zero-order valence-corrected chi connectivity index (χ0v) is 13.5. The van der Waals surface area contributed by atoms with E-state index in [4.69, 9.17) is 4.74 Å². The van der Waals surface area contributed by atoms with Crippen molar-refractivity contribution in [3.8, 4) is 0 Å². The highest BCUT2D eigenvalue weighted by Gasteiger charge is 2.43. The fraction of sp³-hybridized carbons (Fsp3) is 0.941. The molecule has 0 aromatic carbocycles. The van der Waals surface area contributed by atoms with E-state index in [9.17, 15) is 4.79 Å². The van der Waals surface area contributed by atoms with Crippen LogP contribution in [0.1, 0.15) is 52.4 Å². The Morgan fingerprint density at radius 3 is 2.67 bits per heavy atom. The smallest absolute Gasteiger partial charge is 0.241 e. The van der Waals surface area contributed by atoms with E-state index in [2.05, 4.69) is 24.1 Å². The molecule has 2 heterocycles. The molecule has 0 aromatic heterocycles. The Bertz CT molecular complexity index is 360. The summed E-state index contributed by atoms with van der Waals surface area (Å²) in [6.45, 7) is 6.99. The Morgan fingerprint density at radius 1 is 1.29 bits per heavy atom. The summed E-state index contributed by atoms with van der Waals surface area (Å²) in [6, 6.07) is 0.0397. The lowest BCUT2D eigenvalue weighted by molar-refractivity contribution is -0.131. The van der Waals surface area contributed by atoms with E-state index in [1.165, 1.54) is 25.7 Å². The molecule has 1 aliphatic carbocycles. The quantitative estimate of drug-likeness (QED) is 0.846. The van der Waals surface area contributed by atoms with Crippen molar-refractivity contribution in [1.29, 1.82) is 0 Å². The second kappa shape index (κ2) is 6.66. The minimum absolute atomic E-state index is 0.0397. The van der Waals surface area contributed by atoms with Crippen molar-refractivity contribution in [2.24, 2.45) is 17.8 Å². The lowest BCUT2D eigenvalue weighted by Gasteiger charge is -2.30. The number of nitrogens with one attached hydrogen (secondary N) is 1. The van der Waals surface area contributed by atoms with Gasteiger partial charge in [-0.15, -0.1) is 0 Å². The predicted molar refractivity (Wildman–Crippen MR) is 82.8 cm³/mol. The largest absolute Gasteiger partial charge is 0.381 e. The van der Waals surface area contributed by atoms with Crippen LogP contribution in [0.25, 0.3) is 0 Å². The van der Waals surface area contributed by atoms with Crippen LogP contribution in [0, 0.1) is 17.8 Å². The van der Waals surface area contributed by atoms with Crippen molar-refractivity contribution in [3.63, 3.8) is 0 Å². The van der Waals surface area contributed by atoms with E-state index < -0.39 is 0 Å². The zero-order chi connectivity index (χ0) is 14.8. The lowest BCUT2D eigenvalue weighted by Crippen LogP contribution is -2.44.